The number of sulfonamides is 1. The molecule has 0 saturated carbocycles. The highest BCUT2D eigenvalue weighted by Crippen LogP contribution is 2.25. The Morgan fingerprint density at radius 1 is 1.30 bits per heavy atom. The summed E-state index contributed by atoms with van der Waals surface area (Å²) in [4.78, 5) is 0.356. The van der Waals surface area contributed by atoms with E-state index in [-0.39, 0.29) is 6.04 Å². The Bertz CT molecular complexity index is 573. The van der Waals surface area contributed by atoms with E-state index in [0.717, 1.165) is 22.4 Å². The largest absolute Gasteiger partial charge is 0.243 e. The van der Waals surface area contributed by atoms with Gasteiger partial charge in [-0.15, -0.1) is 11.6 Å². The summed E-state index contributed by atoms with van der Waals surface area (Å²) in [5.74, 6) is 1.09. The SMILES string of the molecule is CSCC(C)N(C)S(=O)(=O)c1cc(CCl)c(C)cc1C. The van der Waals surface area contributed by atoms with Gasteiger partial charge in [-0.25, -0.2) is 8.42 Å². The quantitative estimate of drug-likeness (QED) is 0.747. The molecule has 0 aliphatic carbocycles. The maximum Gasteiger partial charge on any atom is 0.243 e. The van der Waals surface area contributed by atoms with E-state index >= 15 is 0 Å². The van der Waals surface area contributed by atoms with Crippen LogP contribution in [0.15, 0.2) is 17.0 Å². The maximum absolute atomic E-state index is 12.7. The molecule has 0 radical (unpaired) electrons. The lowest BCUT2D eigenvalue weighted by Gasteiger charge is -2.25. The summed E-state index contributed by atoms with van der Waals surface area (Å²) in [5.41, 5.74) is 2.65. The van der Waals surface area contributed by atoms with Gasteiger partial charge in [-0.1, -0.05) is 6.07 Å². The van der Waals surface area contributed by atoms with E-state index in [1.54, 1.807) is 24.9 Å². The van der Waals surface area contributed by atoms with E-state index < -0.39 is 10.0 Å². The number of nitrogens with zero attached hydrogens (tertiary/aromatic N) is 1. The van der Waals surface area contributed by atoms with Crippen molar-refractivity contribution in [1.29, 1.82) is 0 Å². The average molecular weight is 336 g/mol. The van der Waals surface area contributed by atoms with Crippen LogP contribution in [-0.4, -0.2) is 37.8 Å². The van der Waals surface area contributed by atoms with Crippen LogP contribution in [0.1, 0.15) is 23.6 Å². The van der Waals surface area contributed by atoms with Crippen molar-refractivity contribution >= 4 is 33.4 Å². The van der Waals surface area contributed by atoms with Crippen LogP contribution in [0, 0.1) is 13.8 Å². The van der Waals surface area contributed by atoms with Crippen LogP contribution in [0.4, 0.5) is 0 Å². The molecule has 0 amide bonds. The zero-order chi connectivity index (χ0) is 15.5. The molecule has 0 heterocycles. The summed E-state index contributed by atoms with van der Waals surface area (Å²) >= 11 is 7.52. The predicted octanol–water partition coefficient (Wildman–Crippen LogP) is 3.41. The summed E-state index contributed by atoms with van der Waals surface area (Å²) < 4.78 is 26.9. The first kappa shape index (κ1) is 17.8. The molecule has 0 fully saturated rings. The second kappa shape index (κ2) is 7.16. The standard InChI is InChI=1S/C14H22ClNO2S2/c1-10-6-11(2)14(7-13(10)8-15)20(17,18)16(4)12(3)9-19-5/h6-7,12H,8-9H2,1-5H3. The highest BCUT2D eigenvalue weighted by atomic mass is 35.5. The summed E-state index contributed by atoms with van der Waals surface area (Å²) in [6.07, 6.45) is 1.97. The third-order valence-electron chi connectivity index (χ3n) is 3.46. The van der Waals surface area contributed by atoms with Crippen molar-refractivity contribution in [1.82, 2.24) is 4.31 Å². The van der Waals surface area contributed by atoms with Crippen molar-refractivity contribution in [3.63, 3.8) is 0 Å². The van der Waals surface area contributed by atoms with E-state index in [9.17, 15) is 8.42 Å². The van der Waals surface area contributed by atoms with Gasteiger partial charge < -0.3 is 0 Å². The lowest BCUT2D eigenvalue weighted by atomic mass is 10.1. The van der Waals surface area contributed by atoms with Crippen LogP contribution in [0.5, 0.6) is 0 Å². The summed E-state index contributed by atoms with van der Waals surface area (Å²) in [6, 6.07) is 3.54. The molecule has 0 spiro atoms. The van der Waals surface area contributed by atoms with Crippen LogP contribution >= 0.6 is 23.4 Å². The fourth-order valence-corrected chi connectivity index (χ4v) is 4.74. The fourth-order valence-electron chi connectivity index (χ4n) is 2.03. The first-order chi connectivity index (χ1) is 9.25. The van der Waals surface area contributed by atoms with Crippen molar-refractivity contribution in [2.24, 2.45) is 0 Å². The normalized spacial score (nSPS) is 13.8. The lowest BCUT2D eigenvalue weighted by molar-refractivity contribution is 0.414. The summed E-state index contributed by atoms with van der Waals surface area (Å²) in [7, 11) is -1.84. The number of hydrogen-bond acceptors (Lipinski definition) is 3. The Kier molecular flexibility index (Phi) is 6.38. The molecule has 1 aromatic carbocycles. The Morgan fingerprint density at radius 3 is 2.40 bits per heavy atom. The summed E-state index contributed by atoms with van der Waals surface area (Å²) in [6.45, 7) is 5.69. The molecular weight excluding hydrogens is 314 g/mol. The Balaban J connectivity index is 3.28. The van der Waals surface area contributed by atoms with E-state index in [0.29, 0.717) is 10.8 Å². The molecule has 0 N–H and O–H groups in total. The second-order valence-electron chi connectivity index (χ2n) is 5.00. The van der Waals surface area contributed by atoms with Gasteiger partial charge >= 0.3 is 0 Å². The Hall–Kier alpha value is -0.230. The minimum atomic E-state index is -3.48. The zero-order valence-corrected chi connectivity index (χ0v) is 15.0. The van der Waals surface area contributed by atoms with Gasteiger partial charge in [0.2, 0.25) is 10.0 Å². The highest BCUT2D eigenvalue weighted by Gasteiger charge is 2.27. The van der Waals surface area contributed by atoms with Gasteiger partial charge in [0.1, 0.15) is 0 Å². The average Bonchev–Trinajstić information content (AvgIpc) is 2.37. The van der Waals surface area contributed by atoms with Crippen molar-refractivity contribution in [3.05, 3.63) is 28.8 Å². The van der Waals surface area contributed by atoms with Crippen molar-refractivity contribution in [3.8, 4) is 0 Å². The molecule has 0 aliphatic rings. The van der Waals surface area contributed by atoms with Crippen LogP contribution in [0.3, 0.4) is 0 Å². The van der Waals surface area contributed by atoms with Gasteiger partial charge in [0.05, 0.1) is 4.90 Å². The van der Waals surface area contributed by atoms with Gasteiger partial charge in [-0.2, -0.15) is 16.1 Å². The van der Waals surface area contributed by atoms with Gasteiger partial charge in [0.15, 0.2) is 0 Å². The topological polar surface area (TPSA) is 37.4 Å². The van der Waals surface area contributed by atoms with Crippen LogP contribution in [0.25, 0.3) is 0 Å². The number of hydrogen-bond donors (Lipinski definition) is 0. The molecule has 1 aromatic rings. The van der Waals surface area contributed by atoms with E-state index in [2.05, 4.69) is 0 Å². The number of benzene rings is 1. The van der Waals surface area contributed by atoms with Gasteiger partial charge in [-0.05, 0) is 49.8 Å². The minimum absolute atomic E-state index is 0.0462. The molecule has 1 atom stereocenters. The minimum Gasteiger partial charge on any atom is -0.207 e. The van der Waals surface area contributed by atoms with E-state index in [4.69, 9.17) is 11.6 Å². The molecule has 1 rings (SSSR count). The molecule has 20 heavy (non-hydrogen) atoms. The molecular formula is C14H22ClNO2S2. The van der Waals surface area contributed by atoms with Crippen LogP contribution in [0.2, 0.25) is 0 Å². The maximum atomic E-state index is 12.7. The van der Waals surface area contributed by atoms with Gasteiger partial charge in [0.25, 0.3) is 0 Å². The predicted molar refractivity (Wildman–Crippen MR) is 88.3 cm³/mol. The zero-order valence-electron chi connectivity index (χ0n) is 12.6. The van der Waals surface area contributed by atoms with E-state index in [1.165, 1.54) is 4.31 Å². The number of aryl methyl sites for hydroxylation is 2. The monoisotopic (exact) mass is 335 g/mol. The molecule has 0 bridgehead atoms. The molecule has 1 unspecified atom stereocenters. The molecule has 114 valence electrons. The molecule has 3 nitrogen and oxygen atoms in total. The van der Waals surface area contributed by atoms with Crippen LogP contribution < -0.4 is 0 Å². The Morgan fingerprint density at radius 2 is 1.90 bits per heavy atom. The first-order valence-corrected chi connectivity index (χ1v) is 9.75. The third kappa shape index (κ3) is 3.70. The fraction of sp³-hybridized carbons (Fsp3) is 0.571. The third-order valence-corrected chi connectivity index (χ3v) is 6.68. The number of alkyl halides is 1. The molecule has 0 aliphatic heterocycles. The second-order valence-corrected chi connectivity index (χ2v) is 8.15. The first-order valence-electron chi connectivity index (χ1n) is 6.38. The molecule has 6 heteroatoms. The molecule has 0 aromatic heterocycles. The Labute approximate surface area is 131 Å². The lowest BCUT2D eigenvalue weighted by Crippen LogP contribution is -2.37. The van der Waals surface area contributed by atoms with Crippen molar-refractivity contribution < 1.29 is 8.42 Å². The van der Waals surface area contributed by atoms with Gasteiger partial charge in [0, 0.05) is 24.7 Å². The van der Waals surface area contributed by atoms with Crippen molar-refractivity contribution in [2.75, 3.05) is 19.1 Å². The van der Waals surface area contributed by atoms with Crippen LogP contribution in [-0.2, 0) is 15.9 Å². The number of thioether (sulfide) groups is 1. The van der Waals surface area contributed by atoms with E-state index in [1.807, 2.05) is 33.1 Å². The number of halogens is 1. The van der Waals surface area contributed by atoms with Gasteiger partial charge in [-0.3, -0.25) is 0 Å². The number of rotatable bonds is 6. The highest BCUT2D eigenvalue weighted by molar-refractivity contribution is 7.98. The smallest absolute Gasteiger partial charge is 0.207 e. The molecule has 0 saturated heterocycles. The van der Waals surface area contributed by atoms with Crippen molar-refractivity contribution in [2.45, 2.75) is 37.6 Å². The summed E-state index contributed by atoms with van der Waals surface area (Å²) in [5, 5.41) is 0.